The number of hydrogen-bond donors (Lipinski definition) is 1. The fraction of sp³-hybridized carbons (Fsp3) is 0. The van der Waals surface area contributed by atoms with Crippen LogP contribution < -0.4 is 5.14 Å². The molecule has 1 rings (SSSR count). The summed E-state index contributed by atoms with van der Waals surface area (Å²) < 4.78 is 11.5. The summed E-state index contributed by atoms with van der Waals surface area (Å²) >= 11 is 12.3. The first-order valence-electron chi connectivity index (χ1n) is 2.22. The van der Waals surface area contributed by atoms with Crippen molar-refractivity contribution in [1.82, 2.24) is 0 Å². The summed E-state index contributed by atoms with van der Waals surface area (Å²) in [7, 11) is -1.47. The Labute approximate surface area is 74.5 Å². The van der Waals surface area contributed by atoms with Crippen LogP contribution in [0.4, 0.5) is 0 Å². The quantitative estimate of drug-likeness (QED) is 0.766. The highest BCUT2D eigenvalue weighted by Gasteiger charge is 2.06. The molecule has 0 amide bonds. The van der Waals surface area contributed by atoms with Gasteiger partial charge >= 0.3 is 0 Å². The minimum absolute atomic E-state index is 0.403. The normalized spacial score (nSPS) is 13.5. The standard InChI is InChI=1S/C4H3Cl2NOS2/c5-2-1-3(10(7)8)9-4(2)6/h1H,7H2. The van der Waals surface area contributed by atoms with E-state index in [4.69, 9.17) is 28.3 Å². The lowest BCUT2D eigenvalue weighted by molar-refractivity contribution is 0.685. The molecule has 0 aliphatic carbocycles. The zero-order chi connectivity index (χ0) is 7.72. The van der Waals surface area contributed by atoms with E-state index in [0.29, 0.717) is 13.6 Å². The molecule has 6 heteroatoms. The molecule has 0 fully saturated rings. The number of hydrogen-bond acceptors (Lipinski definition) is 2. The van der Waals surface area contributed by atoms with Crippen LogP contribution in [0, 0.1) is 0 Å². The van der Waals surface area contributed by atoms with Crippen molar-refractivity contribution in [3.63, 3.8) is 0 Å². The fourth-order valence-electron chi connectivity index (χ4n) is 0.426. The predicted molar refractivity (Wildman–Crippen MR) is 44.9 cm³/mol. The lowest BCUT2D eigenvalue weighted by Crippen LogP contribution is -1.99. The van der Waals surface area contributed by atoms with Crippen molar-refractivity contribution in [2.24, 2.45) is 5.14 Å². The molecule has 0 saturated carbocycles. The lowest BCUT2D eigenvalue weighted by Gasteiger charge is -1.82. The Morgan fingerprint density at radius 1 is 1.60 bits per heavy atom. The van der Waals surface area contributed by atoms with Crippen LogP contribution in [0.5, 0.6) is 0 Å². The molecule has 1 atom stereocenters. The van der Waals surface area contributed by atoms with Crippen LogP contribution in [0.25, 0.3) is 0 Å². The second-order valence-corrected chi connectivity index (χ2v) is 4.84. The number of halogens is 2. The van der Waals surface area contributed by atoms with Crippen LogP contribution in [-0.2, 0) is 11.0 Å². The molecule has 1 unspecified atom stereocenters. The van der Waals surface area contributed by atoms with E-state index in [9.17, 15) is 4.21 Å². The molecule has 0 aromatic carbocycles. The largest absolute Gasteiger partial charge is 0.247 e. The van der Waals surface area contributed by atoms with E-state index in [0.717, 1.165) is 11.3 Å². The third kappa shape index (κ3) is 1.71. The minimum Gasteiger partial charge on any atom is -0.247 e. The van der Waals surface area contributed by atoms with E-state index in [1.54, 1.807) is 0 Å². The molecule has 1 aromatic heterocycles. The van der Waals surface area contributed by atoms with E-state index in [-0.39, 0.29) is 0 Å². The Kier molecular flexibility index (Phi) is 2.71. The predicted octanol–water partition coefficient (Wildman–Crippen LogP) is 2.04. The number of rotatable bonds is 1. The Morgan fingerprint density at radius 3 is 2.40 bits per heavy atom. The molecular weight excluding hydrogens is 213 g/mol. The van der Waals surface area contributed by atoms with Gasteiger partial charge in [-0.05, 0) is 6.07 Å². The van der Waals surface area contributed by atoms with Gasteiger partial charge in [0.2, 0.25) is 0 Å². The van der Waals surface area contributed by atoms with Gasteiger partial charge in [0.15, 0.2) is 0 Å². The molecule has 2 N–H and O–H groups in total. The summed E-state index contributed by atoms with van der Waals surface area (Å²) in [6, 6.07) is 1.50. The van der Waals surface area contributed by atoms with Gasteiger partial charge in [0, 0.05) is 0 Å². The van der Waals surface area contributed by atoms with E-state index >= 15 is 0 Å². The Hall–Kier alpha value is 0.390. The molecule has 56 valence electrons. The molecular formula is C4H3Cl2NOS2. The Morgan fingerprint density at radius 2 is 2.20 bits per heavy atom. The first kappa shape index (κ1) is 8.49. The second kappa shape index (κ2) is 3.19. The van der Waals surface area contributed by atoms with Crippen molar-refractivity contribution >= 4 is 45.5 Å². The third-order valence-corrected chi connectivity index (χ3v) is 3.74. The van der Waals surface area contributed by atoms with Crippen LogP contribution >= 0.6 is 34.5 Å². The monoisotopic (exact) mass is 215 g/mol. The molecule has 2 nitrogen and oxygen atoms in total. The van der Waals surface area contributed by atoms with Crippen molar-refractivity contribution < 1.29 is 4.21 Å². The van der Waals surface area contributed by atoms with Crippen LogP contribution in [0.2, 0.25) is 9.36 Å². The molecule has 0 radical (unpaired) electrons. The summed E-state index contributed by atoms with van der Waals surface area (Å²) in [6.07, 6.45) is 0. The van der Waals surface area contributed by atoms with E-state index in [1.165, 1.54) is 6.07 Å². The number of thiophene rings is 1. The van der Waals surface area contributed by atoms with Gasteiger partial charge in [-0.3, -0.25) is 0 Å². The molecule has 0 saturated heterocycles. The zero-order valence-electron chi connectivity index (χ0n) is 4.64. The third-order valence-electron chi connectivity index (χ3n) is 0.821. The molecule has 10 heavy (non-hydrogen) atoms. The summed E-state index contributed by atoms with van der Waals surface area (Å²) in [6.45, 7) is 0. The molecule has 1 heterocycles. The van der Waals surface area contributed by atoms with Crippen molar-refractivity contribution in [2.45, 2.75) is 4.21 Å². The maximum absolute atomic E-state index is 10.6. The van der Waals surface area contributed by atoms with Gasteiger partial charge in [-0.2, -0.15) is 0 Å². The SMILES string of the molecule is NS(=O)c1cc(Cl)c(Cl)s1. The van der Waals surface area contributed by atoms with Crippen LogP contribution in [0.15, 0.2) is 10.3 Å². The zero-order valence-corrected chi connectivity index (χ0v) is 7.78. The van der Waals surface area contributed by atoms with Gasteiger partial charge in [-0.1, -0.05) is 23.2 Å². The molecule has 0 spiro atoms. The highest BCUT2D eigenvalue weighted by Crippen LogP contribution is 2.32. The van der Waals surface area contributed by atoms with Crippen LogP contribution in [0.3, 0.4) is 0 Å². The Balaban J connectivity index is 3.10. The maximum Gasteiger partial charge on any atom is 0.132 e. The summed E-state index contributed by atoms with van der Waals surface area (Å²) in [5, 5.41) is 5.46. The van der Waals surface area contributed by atoms with E-state index < -0.39 is 11.0 Å². The molecule has 0 bridgehead atoms. The van der Waals surface area contributed by atoms with Crippen molar-refractivity contribution in [2.75, 3.05) is 0 Å². The first-order valence-corrected chi connectivity index (χ1v) is 5.01. The van der Waals surface area contributed by atoms with Crippen molar-refractivity contribution in [1.29, 1.82) is 0 Å². The highest BCUT2D eigenvalue weighted by atomic mass is 35.5. The smallest absolute Gasteiger partial charge is 0.132 e. The van der Waals surface area contributed by atoms with Crippen molar-refractivity contribution in [3.8, 4) is 0 Å². The van der Waals surface area contributed by atoms with Gasteiger partial charge in [-0.25, -0.2) is 9.35 Å². The first-order chi connectivity index (χ1) is 4.61. The average Bonchev–Trinajstić information content (AvgIpc) is 2.13. The van der Waals surface area contributed by atoms with E-state index in [2.05, 4.69) is 0 Å². The summed E-state index contributed by atoms with van der Waals surface area (Å²) in [4.78, 5) is 0. The molecule has 0 aliphatic rings. The summed E-state index contributed by atoms with van der Waals surface area (Å²) in [5.74, 6) is 0. The molecule has 0 aliphatic heterocycles. The topological polar surface area (TPSA) is 43.1 Å². The van der Waals surface area contributed by atoms with Crippen molar-refractivity contribution in [3.05, 3.63) is 15.4 Å². The maximum atomic E-state index is 10.6. The van der Waals surface area contributed by atoms with E-state index in [1.807, 2.05) is 0 Å². The lowest BCUT2D eigenvalue weighted by atomic mass is 10.7. The van der Waals surface area contributed by atoms with Gasteiger partial charge in [0.05, 0.1) is 5.02 Å². The van der Waals surface area contributed by atoms with Gasteiger partial charge in [-0.15, -0.1) is 11.3 Å². The fourth-order valence-corrected chi connectivity index (χ4v) is 2.54. The highest BCUT2D eigenvalue weighted by molar-refractivity contribution is 7.85. The Bertz CT molecular complexity index is 253. The van der Waals surface area contributed by atoms with Gasteiger partial charge in [0.1, 0.15) is 19.5 Å². The van der Waals surface area contributed by atoms with Crippen LogP contribution in [-0.4, -0.2) is 4.21 Å². The molecule has 1 aromatic rings. The summed E-state index contributed by atoms with van der Waals surface area (Å²) in [5.41, 5.74) is 0. The number of nitrogens with two attached hydrogens (primary N) is 1. The second-order valence-electron chi connectivity index (χ2n) is 1.48. The van der Waals surface area contributed by atoms with Crippen LogP contribution in [0.1, 0.15) is 0 Å². The van der Waals surface area contributed by atoms with Gasteiger partial charge in [0.25, 0.3) is 0 Å². The van der Waals surface area contributed by atoms with Gasteiger partial charge < -0.3 is 0 Å². The average molecular weight is 216 g/mol. The minimum atomic E-state index is -1.47.